The van der Waals surface area contributed by atoms with E-state index in [4.69, 9.17) is 11.6 Å². The van der Waals surface area contributed by atoms with Gasteiger partial charge in [0.15, 0.2) is 0 Å². The maximum absolute atomic E-state index is 11.8. The van der Waals surface area contributed by atoms with Crippen LogP contribution in [0.2, 0.25) is 5.02 Å². The molecular formula is C17H17ClN2O2. The first kappa shape index (κ1) is 16.0. The lowest BCUT2D eigenvalue weighted by molar-refractivity contribution is -0.126. The Morgan fingerprint density at radius 2 is 1.77 bits per heavy atom. The zero-order chi connectivity index (χ0) is 15.9. The van der Waals surface area contributed by atoms with Crippen molar-refractivity contribution in [1.82, 2.24) is 5.32 Å². The van der Waals surface area contributed by atoms with Crippen LogP contribution in [0.15, 0.2) is 48.5 Å². The molecule has 0 radical (unpaired) electrons. The van der Waals surface area contributed by atoms with Gasteiger partial charge in [-0.05, 0) is 36.8 Å². The molecule has 0 saturated carbocycles. The van der Waals surface area contributed by atoms with Gasteiger partial charge in [-0.1, -0.05) is 41.4 Å². The van der Waals surface area contributed by atoms with E-state index >= 15 is 0 Å². The summed E-state index contributed by atoms with van der Waals surface area (Å²) in [5.41, 5.74) is 2.75. The molecule has 2 N–H and O–H groups in total. The highest BCUT2D eigenvalue weighted by Crippen LogP contribution is 2.13. The van der Waals surface area contributed by atoms with Crippen LogP contribution in [0.3, 0.4) is 0 Å². The molecular weight excluding hydrogens is 300 g/mol. The standard InChI is InChI=1S/C17H17ClN2O2/c1-12-3-2-4-13(9-12)11-19-16(21)10-17(22)20-15-7-5-14(18)6-8-15/h2-9H,10-11H2,1H3,(H,19,21)(H,20,22). The monoisotopic (exact) mass is 316 g/mol. The van der Waals surface area contributed by atoms with Crippen LogP contribution in [0.4, 0.5) is 5.69 Å². The van der Waals surface area contributed by atoms with E-state index in [0.717, 1.165) is 11.1 Å². The highest BCUT2D eigenvalue weighted by Gasteiger charge is 2.09. The second-order valence-electron chi connectivity index (χ2n) is 5.00. The Morgan fingerprint density at radius 1 is 1.05 bits per heavy atom. The first-order valence-corrected chi connectivity index (χ1v) is 7.28. The van der Waals surface area contributed by atoms with Crippen molar-refractivity contribution in [2.24, 2.45) is 0 Å². The molecule has 2 aromatic rings. The van der Waals surface area contributed by atoms with Crippen LogP contribution in [0.25, 0.3) is 0 Å². The highest BCUT2D eigenvalue weighted by atomic mass is 35.5. The molecule has 0 unspecified atom stereocenters. The molecule has 2 amide bonds. The Kier molecular flexibility index (Phi) is 5.55. The van der Waals surface area contributed by atoms with Crippen molar-refractivity contribution in [3.05, 3.63) is 64.7 Å². The van der Waals surface area contributed by atoms with Crippen LogP contribution in [0, 0.1) is 6.92 Å². The fourth-order valence-corrected chi connectivity index (χ4v) is 2.10. The fourth-order valence-electron chi connectivity index (χ4n) is 1.97. The molecule has 0 fully saturated rings. The number of amides is 2. The third kappa shape index (κ3) is 5.22. The quantitative estimate of drug-likeness (QED) is 0.832. The van der Waals surface area contributed by atoms with Gasteiger partial charge in [0.1, 0.15) is 6.42 Å². The van der Waals surface area contributed by atoms with Crippen molar-refractivity contribution >= 4 is 29.1 Å². The minimum atomic E-state index is -0.357. The summed E-state index contributed by atoms with van der Waals surface area (Å²) < 4.78 is 0. The molecule has 0 aliphatic carbocycles. The molecule has 0 heterocycles. The number of hydrogen-bond donors (Lipinski definition) is 2. The summed E-state index contributed by atoms with van der Waals surface area (Å²) in [6.45, 7) is 2.40. The Morgan fingerprint density at radius 3 is 2.45 bits per heavy atom. The maximum Gasteiger partial charge on any atom is 0.233 e. The number of nitrogens with one attached hydrogen (secondary N) is 2. The predicted molar refractivity (Wildman–Crippen MR) is 87.7 cm³/mol. The van der Waals surface area contributed by atoms with Gasteiger partial charge < -0.3 is 10.6 Å². The largest absolute Gasteiger partial charge is 0.352 e. The van der Waals surface area contributed by atoms with Crippen LogP contribution in [-0.4, -0.2) is 11.8 Å². The first-order valence-electron chi connectivity index (χ1n) is 6.90. The van der Waals surface area contributed by atoms with Gasteiger partial charge in [-0.15, -0.1) is 0 Å². The molecule has 114 valence electrons. The third-order valence-electron chi connectivity index (χ3n) is 3.02. The van der Waals surface area contributed by atoms with Crippen LogP contribution >= 0.6 is 11.6 Å². The van der Waals surface area contributed by atoms with Crippen LogP contribution in [0.5, 0.6) is 0 Å². The van der Waals surface area contributed by atoms with Gasteiger partial charge in [-0.25, -0.2) is 0 Å². The highest BCUT2D eigenvalue weighted by molar-refractivity contribution is 6.30. The number of carbonyl (C=O) groups is 2. The predicted octanol–water partition coefficient (Wildman–Crippen LogP) is 3.29. The number of benzene rings is 2. The Balaban J connectivity index is 1.79. The van der Waals surface area contributed by atoms with Gasteiger partial charge in [-0.3, -0.25) is 9.59 Å². The van der Waals surface area contributed by atoms with Crippen LogP contribution < -0.4 is 10.6 Å². The summed E-state index contributed by atoms with van der Waals surface area (Å²) in [5.74, 6) is -0.669. The molecule has 2 rings (SSSR count). The molecule has 0 saturated heterocycles. The van der Waals surface area contributed by atoms with E-state index in [2.05, 4.69) is 10.6 Å². The van der Waals surface area contributed by atoms with E-state index in [9.17, 15) is 9.59 Å². The normalized spacial score (nSPS) is 10.1. The molecule has 0 aromatic heterocycles. The number of halogens is 1. The number of rotatable bonds is 5. The average molecular weight is 317 g/mol. The van der Waals surface area contributed by atoms with Crippen molar-refractivity contribution in [2.45, 2.75) is 19.9 Å². The number of anilines is 1. The van der Waals surface area contributed by atoms with E-state index in [-0.39, 0.29) is 18.2 Å². The number of hydrogen-bond acceptors (Lipinski definition) is 2. The van der Waals surface area contributed by atoms with Gasteiger partial charge in [0.2, 0.25) is 11.8 Å². The summed E-state index contributed by atoms with van der Waals surface area (Å²) in [5, 5.41) is 5.97. The minimum Gasteiger partial charge on any atom is -0.352 e. The zero-order valence-electron chi connectivity index (χ0n) is 12.2. The van der Waals surface area contributed by atoms with Crippen LogP contribution in [0.1, 0.15) is 17.5 Å². The van der Waals surface area contributed by atoms with Gasteiger partial charge in [-0.2, -0.15) is 0 Å². The molecule has 4 nitrogen and oxygen atoms in total. The second-order valence-corrected chi connectivity index (χ2v) is 5.43. The van der Waals surface area contributed by atoms with E-state index in [1.807, 2.05) is 31.2 Å². The Labute approximate surface area is 134 Å². The van der Waals surface area contributed by atoms with Crippen molar-refractivity contribution in [3.63, 3.8) is 0 Å². The molecule has 0 spiro atoms. The van der Waals surface area contributed by atoms with Crippen LogP contribution in [-0.2, 0) is 16.1 Å². The molecule has 0 bridgehead atoms. The summed E-state index contributed by atoms with van der Waals surface area (Å²) in [6.07, 6.45) is -0.214. The minimum absolute atomic E-state index is 0.214. The lowest BCUT2D eigenvalue weighted by Gasteiger charge is -2.07. The summed E-state index contributed by atoms with van der Waals surface area (Å²) >= 11 is 5.77. The van der Waals surface area contributed by atoms with Crippen molar-refractivity contribution in [3.8, 4) is 0 Å². The van der Waals surface area contributed by atoms with E-state index < -0.39 is 0 Å². The van der Waals surface area contributed by atoms with Gasteiger partial charge >= 0.3 is 0 Å². The van der Waals surface area contributed by atoms with Gasteiger partial charge in [0.05, 0.1) is 0 Å². The fraction of sp³-hybridized carbons (Fsp3) is 0.176. The number of carbonyl (C=O) groups excluding carboxylic acids is 2. The van der Waals surface area contributed by atoms with Crippen molar-refractivity contribution in [2.75, 3.05) is 5.32 Å². The molecule has 2 aromatic carbocycles. The molecule has 5 heteroatoms. The Bertz CT molecular complexity index is 669. The smallest absolute Gasteiger partial charge is 0.233 e. The summed E-state index contributed by atoms with van der Waals surface area (Å²) in [6, 6.07) is 14.6. The SMILES string of the molecule is Cc1cccc(CNC(=O)CC(=O)Nc2ccc(Cl)cc2)c1. The van der Waals surface area contributed by atoms with Gasteiger partial charge in [0.25, 0.3) is 0 Å². The van der Waals surface area contributed by atoms with Gasteiger partial charge in [0, 0.05) is 17.3 Å². The molecule has 0 atom stereocenters. The molecule has 22 heavy (non-hydrogen) atoms. The van der Waals surface area contributed by atoms with E-state index in [0.29, 0.717) is 17.3 Å². The van der Waals surface area contributed by atoms with E-state index in [1.165, 1.54) is 0 Å². The molecule has 0 aliphatic rings. The Hall–Kier alpha value is -2.33. The second kappa shape index (κ2) is 7.61. The summed E-state index contributed by atoms with van der Waals surface area (Å²) in [4.78, 5) is 23.5. The lowest BCUT2D eigenvalue weighted by Crippen LogP contribution is -2.27. The molecule has 0 aliphatic heterocycles. The maximum atomic E-state index is 11.8. The van der Waals surface area contributed by atoms with Crippen molar-refractivity contribution in [1.29, 1.82) is 0 Å². The number of aryl methyl sites for hydroxylation is 1. The van der Waals surface area contributed by atoms with E-state index in [1.54, 1.807) is 24.3 Å². The lowest BCUT2D eigenvalue weighted by atomic mass is 10.1. The average Bonchev–Trinajstić information content (AvgIpc) is 2.47. The zero-order valence-corrected chi connectivity index (χ0v) is 13.0. The summed E-state index contributed by atoms with van der Waals surface area (Å²) in [7, 11) is 0. The topological polar surface area (TPSA) is 58.2 Å². The first-order chi connectivity index (χ1) is 10.5. The third-order valence-corrected chi connectivity index (χ3v) is 3.27. The van der Waals surface area contributed by atoms with Crippen molar-refractivity contribution < 1.29 is 9.59 Å².